The number of aliphatic hydroxyl groups is 1. The maximum atomic E-state index is 10.4. The third kappa shape index (κ3) is 2.89. The second-order valence-corrected chi connectivity index (χ2v) is 7.40. The molecule has 2 N–H and O–H groups in total. The van der Waals surface area contributed by atoms with E-state index >= 15 is 0 Å². The first-order valence-corrected chi connectivity index (χ1v) is 9.30. The van der Waals surface area contributed by atoms with Gasteiger partial charge in [0.2, 0.25) is 0 Å². The Bertz CT molecular complexity index is 860. The van der Waals surface area contributed by atoms with Crippen molar-refractivity contribution in [2.75, 3.05) is 11.9 Å². The van der Waals surface area contributed by atoms with Crippen molar-refractivity contribution in [2.45, 2.75) is 38.7 Å². The quantitative estimate of drug-likeness (QED) is 0.754. The summed E-state index contributed by atoms with van der Waals surface area (Å²) >= 11 is 1.81. The molecule has 4 rings (SSSR count). The molecule has 0 radical (unpaired) electrons. The number of benzene rings is 1. The van der Waals surface area contributed by atoms with Crippen LogP contribution in [-0.4, -0.2) is 21.6 Å². The van der Waals surface area contributed by atoms with Gasteiger partial charge < -0.3 is 10.4 Å². The Morgan fingerprint density at radius 2 is 1.96 bits per heavy atom. The van der Waals surface area contributed by atoms with Gasteiger partial charge in [0.1, 0.15) is 16.5 Å². The van der Waals surface area contributed by atoms with Crippen LogP contribution in [0.1, 0.15) is 40.8 Å². The van der Waals surface area contributed by atoms with Crippen LogP contribution in [0.25, 0.3) is 10.2 Å². The molecule has 0 bridgehead atoms. The molecule has 124 valence electrons. The van der Waals surface area contributed by atoms with Gasteiger partial charge in [-0.25, -0.2) is 9.97 Å². The highest BCUT2D eigenvalue weighted by atomic mass is 32.1. The van der Waals surface area contributed by atoms with Gasteiger partial charge in [0.25, 0.3) is 0 Å². The van der Waals surface area contributed by atoms with Crippen LogP contribution in [0.5, 0.6) is 0 Å². The number of aryl methyl sites for hydroxylation is 3. The zero-order valence-corrected chi connectivity index (χ0v) is 14.6. The summed E-state index contributed by atoms with van der Waals surface area (Å²) in [6.45, 7) is 2.37. The van der Waals surface area contributed by atoms with Crippen LogP contribution in [0.4, 0.5) is 5.82 Å². The molecule has 1 aromatic carbocycles. The number of fused-ring (bicyclic) bond motifs is 3. The van der Waals surface area contributed by atoms with Crippen LogP contribution in [0.2, 0.25) is 0 Å². The zero-order valence-electron chi connectivity index (χ0n) is 13.7. The number of rotatable bonds is 4. The number of hydrogen-bond acceptors (Lipinski definition) is 5. The minimum absolute atomic E-state index is 0.445. The van der Waals surface area contributed by atoms with E-state index in [1.165, 1.54) is 28.7 Å². The summed E-state index contributed by atoms with van der Waals surface area (Å²) in [5.41, 5.74) is 2.33. The normalized spacial score (nSPS) is 15.2. The Hall–Kier alpha value is -1.98. The molecule has 0 saturated carbocycles. The van der Waals surface area contributed by atoms with Crippen molar-refractivity contribution < 1.29 is 5.11 Å². The minimum Gasteiger partial charge on any atom is -0.387 e. The molecule has 1 atom stereocenters. The number of thiophene rings is 1. The lowest BCUT2D eigenvalue weighted by molar-refractivity contribution is 0.191. The van der Waals surface area contributed by atoms with Crippen LogP contribution in [0, 0.1) is 6.92 Å². The topological polar surface area (TPSA) is 58.0 Å². The molecule has 24 heavy (non-hydrogen) atoms. The van der Waals surface area contributed by atoms with Gasteiger partial charge in [0.05, 0.1) is 11.5 Å². The van der Waals surface area contributed by atoms with Gasteiger partial charge in [-0.15, -0.1) is 11.3 Å². The summed E-state index contributed by atoms with van der Waals surface area (Å²) < 4.78 is 0. The number of aliphatic hydroxyl groups excluding tert-OH is 1. The summed E-state index contributed by atoms with van der Waals surface area (Å²) in [6.07, 6.45) is 4.21. The number of aromatic nitrogens is 2. The van der Waals surface area contributed by atoms with E-state index in [0.29, 0.717) is 6.54 Å². The molecule has 0 amide bonds. The molecule has 3 aromatic rings. The summed E-state index contributed by atoms with van der Waals surface area (Å²) in [5.74, 6) is 1.64. The van der Waals surface area contributed by atoms with Crippen molar-refractivity contribution in [1.82, 2.24) is 9.97 Å². The zero-order chi connectivity index (χ0) is 16.5. The van der Waals surface area contributed by atoms with Crippen molar-refractivity contribution in [3.05, 3.63) is 52.2 Å². The smallest absolute Gasteiger partial charge is 0.138 e. The first-order chi connectivity index (χ1) is 11.7. The molecule has 0 aliphatic heterocycles. The fraction of sp³-hybridized carbons (Fsp3) is 0.368. The first-order valence-electron chi connectivity index (χ1n) is 8.48. The lowest BCUT2D eigenvalue weighted by Crippen LogP contribution is -2.14. The highest BCUT2D eigenvalue weighted by Crippen LogP contribution is 2.38. The molecule has 1 unspecified atom stereocenters. The molecule has 1 aliphatic rings. The molecule has 2 heterocycles. The minimum atomic E-state index is -0.550. The van der Waals surface area contributed by atoms with Gasteiger partial charge in [0, 0.05) is 11.4 Å². The van der Waals surface area contributed by atoms with Crippen molar-refractivity contribution in [1.29, 1.82) is 0 Å². The fourth-order valence-electron chi connectivity index (χ4n) is 3.38. The third-order valence-electron chi connectivity index (χ3n) is 4.57. The monoisotopic (exact) mass is 339 g/mol. The molecule has 0 spiro atoms. The van der Waals surface area contributed by atoms with Crippen LogP contribution < -0.4 is 5.32 Å². The average molecular weight is 339 g/mol. The molecule has 0 fully saturated rings. The van der Waals surface area contributed by atoms with Gasteiger partial charge in [-0.05, 0) is 43.7 Å². The molecule has 1 aliphatic carbocycles. The summed E-state index contributed by atoms with van der Waals surface area (Å²) in [7, 11) is 0. The third-order valence-corrected chi connectivity index (χ3v) is 5.76. The van der Waals surface area contributed by atoms with Crippen molar-refractivity contribution in [2.24, 2.45) is 0 Å². The highest BCUT2D eigenvalue weighted by molar-refractivity contribution is 7.19. The van der Waals surface area contributed by atoms with Crippen LogP contribution in [0.15, 0.2) is 30.3 Å². The van der Waals surface area contributed by atoms with Gasteiger partial charge in [-0.2, -0.15) is 0 Å². The molecule has 4 nitrogen and oxygen atoms in total. The van der Waals surface area contributed by atoms with Crippen molar-refractivity contribution >= 4 is 27.4 Å². The van der Waals surface area contributed by atoms with Gasteiger partial charge in [0.15, 0.2) is 0 Å². The van der Waals surface area contributed by atoms with Crippen molar-refractivity contribution in [3.63, 3.8) is 0 Å². The predicted molar refractivity (Wildman–Crippen MR) is 98.7 cm³/mol. The van der Waals surface area contributed by atoms with Crippen LogP contribution in [0.3, 0.4) is 0 Å². The first kappa shape index (κ1) is 15.5. The lowest BCUT2D eigenvalue weighted by atomic mass is 9.97. The molecule has 2 aromatic heterocycles. The second-order valence-electron chi connectivity index (χ2n) is 6.32. The number of anilines is 1. The summed E-state index contributed by atoms with van der Waals surface area (Å²) in [4.78, 5) is 11.8. The second kappa shape index (κ2) is 6.49. The van der Waals surface area contributed by atoms with Crippen LogP contribution in [-0.2, 0) is 12.8 Å². The predicted octanol–water partition coefficient (Wildman–Crippen LogP) is 4.02. The maximum Gasteiger partial charge on any atom is 0.138 e. The van der Waals surface area contributed by atoms with Gasteiger partial charge >= 0.3 is 0 Å². The van der Waals surface area contributed by atoms with E-state index in [1.807, 2.05) is 37.3 Å². The Labute approximate surface area is 145 Å². The van der Waals surface area contributed by atoms with E-state index in [9.17, 15) is 5.11 Å². The summed E-state index contributed by atoms with van der Waals surface area (Å²) in [5, 5.41) is 14.9. The fourth-order valence-corrected chi connectivity index (χ4v) is 4.69. The van der Waals surface area contributed by atoms with E-state index in [-0.39, 0.29) is 0 Å². The Morgan fingerprint density at radius 1 is 1.17 bits per heavy atom. The summed E-state index contributed by atoms with van der Waals surface area (Å²) in [6, 6.07) is 9.74. The highest BCUT2D eigenvalue weighted by Gasteiger charge is 2.21. The number of nitrogens with zero attached hydrogens (tertiary/aromatic N) is 2. The molecular formula is C19H21N3OS. The molecule has 5 heteroatoms. The maximum absolute atomic E-state index is 10.4. The standard InChI is InChI=1S/C19H21N3OS/c1-12-21-18(20-11-15(23)13-7-3-2-4-8-13)17-14-9-5-6-10-16(14)24-19(17)22-12/h2-4,7-8,15,23H,5-6,9-11H2,1H3,(H,20,21,22). The molecule has 0 saturated heterocycles. The van der Waals surface area contributed by atoms with E-state index in [0.717, 1.165) is 34.9 Å². The Morgan fingerprint density at radius 3 is 2.79 bits per heavy atom. The Kier molecular flexibility index (Phi) is 4.21. The van der Waals surface area contributed by atoms with E-state index in [1.54, 1.807) is 11.3 Å². The largest absolute Gasteiger partial charge is 0.387 e. The van der Waals surface area contributed by atoms with E-state index in [4.69, 9.17) is 0 Å². The van der Waals surface area contributed by atoms with Crippen molar-refractivity contribution in [3.8, 4) is 0 Å². The van der Waals surface area contributed by atoms with Crippen LogP contribution >= 0.6 is 11.3 Å². The molecular weight excluding hydrogens is 318 g/mol. The lowest BCUT2D eigenvalue weighted by Gasteiger charge is -2.15. The number of hydrogen-bond donors (Lipinski definition) is 2. The van der Waals surface area contributed by atoms with Gasteiger partial charge in [-0.1, -0.05) is 30.3 Å². The van der Waals surface area contributed by atoms with E-state index in [2.05, 4.69) is 15.3 Å². The SMILES string of the molecule is Cc1nc(NCC(O)c2ccccc2)c2c3c(sc2n1)CCCC3. The van der Waals surface area contributed by atoms with E-state index < -0.39 is 6.10 Å². The average Bonchev–Trinajstić information content (AvgIpc) is 2.98. The van der Waals surface area contributed by atoms with Gasteiger partial charge in [-0.3, -0.25) is 0 Å². The Balaban J connectivity index is 1.65. The number of nitrogens with one attached hydrogen (secondary N) is 1.